The van der Waals surface area contributed by atoms with Crippen LogP contribution in [0.2, 0.25) is 0 Å². The topological polar surface area (TPSA) is 9.23 Å². The molecule has 3 rings (SSSR count). The summed E-state index contributed by atoms with van der Waals surface area (Å²) in [6, 6.07) is 28.0. The van der Waals surface area contributed by atoms with Crippen LogP contribution in [0, 0.1) is 0 Å². The average molecular weight is 330 g/mol. The first kappa shape index (κ1) is 17.3. The highest BCUT2D eigenvalue weighted by atomic mass is 16.5. The maximum absolute atomic E-state index is 5.23. The molecule has 0 N–H and O–H groups in total. The summed E-state index contributed by atoms with van der Waals surface area (Å²) in [5.41, 5.74) is 5.34. The molecule has 0 aliphatic rings. The quantitative estimate of drug-likeness (QED) is 0.481. The Labute approximate surface area is 151 Å². The number of benzene rings is 3. The fourth-order valence-electron chi connectivity index (χ4n) is 3.21. The molecule has 1 atom stereocenters. The first-order valence-electron chi connectivity index (χ1n) is 9.04. The third kappa shape index (κ3) is 4.73. The summed E-state index contributed by atoms with van der Waals surface area (Å²) in [5.74, 6) is 1.49. The Balaban J connectivity index is 1.57. The molecule has 25 heavy (non-hydrogen) atoms. The highest BCUT2D eigenvalue weighted by Crippen LogP contribution is 2.26. The minimum Gasteiger partial charge on any atom is -0.497 e. The van der Waals surface area contributed by atoms with Crippen molar-refractivity contribution in [3.63, 3.8) is 0 Å². The lowest BCUT2D eigenvalue weighted by molar-refractivity contribution is 0.415. The highest BCUT2D eigenvalue weighted by Gasteiger charge is 2.06. The number of hydrogen-bond acceptors (Lipinski definition) is 1. The van der Waals surface area contributed by atoms with Gasteiger partial charge in [-0.1, -0.05) is 73.7 Å². The summed E-state index contributed by atoms with van der Waals surface area (Å²) in [7, 11) is 1.70. The monoisotopic (exact) mass is 330 g/mol. The second kappa shape index (κ2) is 8.53. The molecule has 1 unspecified atom stereocenters. The molecule has 3 aromatic carbocycles. The van der Waals surface area contributed by atoms with Gasteiger partial charge in [-0.3, -0.25) is 0 Å². The van der Waals surface area contributed by atoms with Gasteiger partial charge in [0.25, 0.3) is 0 Å². The van der Waals surface area contributed by atoms with Crippen molar-refractivity contribution in [3.8, 4) is 16.9 Å². The summed E-state index contributed by atoms with van der Waals surface area (Å²) in [4.78, 5) is 0. The lowest BCUT2D eigenvalue weighted by Gasteiger charge is -2.13. The summed E-state index contributed by atoms with van der Waals surface area (Å²) in [6.07, 6.45) is 3.61. The van der Waals surface area contributed by atoms with Crippen molar-refractivity contribution in [2.24, 2.45) is 0 Å². The second-order valence-corrected chi connectivity index (χ2v) is 6.63. The predicted octanol–water partition coefficient (Wildman–Crippen LogP) is 6.49. The van der Waals surface area contributed by atoms with Crippen molar-refractivity contribution in [1.82, 2.24) is 0 Å². The number of ether oxygens (including phenoxy) is 1. The Morgan fingerprint density at radius 3 is 1.96 bits per heavy atom. The van der Waals surface area contributed by atoms with Crippen LogP contribution in [0.5, 0.6) is 5.75 Å². The molecule has 0 spiro atoms. The first-order chi connectivity index (χ1) is 12.3. The van der Waals surface area contributed by atoms with Gasteiger partial charge in [0, 0.05) is 0 Å². The molecule has 3 aromatic rings. The van der Waals surface area contributed by atoms with E-state index in [0.29, 0.717) is 5.92 Å². The molecule has 0 saturated carbocycles. The van der Waals surface area contributed by atoms with Gasteiger partial charge in [0.15, 0.2) is 0 Å². The number of methoxy groups -OCH3 is 1. The summed E-state index contributed by atoms with van der Waals surface area (Å²) in [6.45, 7) is 2.33. The lowest BCUT2D eigenvalue weighted by Crippen LogP contribution is -1.95. The van der Waals surface area contributed by atoms with E-state index in [0.717, 1.165) is 12.2 Å². The molecule has 0 amide bonds. The van der Waals surface area contributed by atoms with Gasteiger partial charge in [0.05, 0.1) is 7.11 Å². The minimum absolute atomic E-state index is 0.591. The third-order valence-corrected chi connectivity index (χ3v) is 4.85. The summed E-state index contributed by atoms with van der Waals surface area (Å²) < 4.78 is 5.23. The molecule has 0 aromatic heterocycles. The zero-order valence-electron chi connectivity index (χ0n) is 15.1. The van der Waals surface area contributed by atoms with Crippen LogP contribution < -0.4 is 4.74 Å². The predicted molar refractivity (Wildman–Crippen MR) is 106 cm³/mol. The van der Waals surface area contributed by atoms with E-state index >= 15 is 0 Å². The van der Waals surface area contributed by atoms with E-state index in [9.17, 15) is 0 Å². The van der Waals surface area contributed by atoms with Crippen LogP contribution in [-0.2, 0) is 6.42 Å². The largest absolute Gasteiger partial charge is 0.497 e. The second-order valence-electron chi connectivity index (χ2n) is 6.63. The molecule has 1 heteroatoms. The van der Waals surface area contributed by atoms with Crippen LogP contribution in [0.25, 0.3) is 11.1 Å². The fraction of sp³-hybridized carbons (Fsp3) is 0.250. The standard InChI is InChI=1S/C24H26O/c1-19(7-6-10-20-8-4-3-5-9-20)21-11-13-22(14-12-21)23-15-17-24(25-2)18-16-23/h3-5,8-9,11-19H,6-7,10H2,1-2H3. The van der Waals surface area contributed by atoms with Crippen molar-refractivity contribution in [2.75, 3.05) is 7.11 Å². The van der Waals surface area contributed by atoms with Crippen molar-refractivity contribution in [2.45, 2.75) is 32.1 Å². The normalized spacial score (nSPS) is 11.9. The average Bonchev–Trinajstić information content (AvgIpc) is 2.69. The summed E-state index contributed by atoms with van der Waals surface area (Å²) >= 11 is 0. The Morgan fingerprint density at radius 2 is 1.36 bits per heavy atom. The molecule has 0 aliphatic heterocycles. The van der Waals surface area contributed by atoms with Gasteiger partial charge in [-0.15, -0.1) is 0 Å². The maximum atomic E-state index is 5.23. The molecule has 0 radical (unpaired) electrons. The molecule has 128 valence electrons. The Kier molecular flexibility index (Phi) is 5.90. The molecule has 0 aliphatic carbocycles. The molecule has 0 fully saturated rings. The van der Waals surface area contributed by atoms with Gasteiger partial charge in [0.1, 0.15) is 5.75 Å². The molecular formula is C24H26O. The van der Waals surface area contributed by atoms with E-state index in [2.05, 4.69) is 73.7 Å². The summed E-state index contributed by atoms with van der Waals surface area (Å²) in [5, 5.41) is 0. The lowest BCUT2D eigenvalue weighted by atomic mass is 9.93. The van der Waals surface area contributed by atoms with Gasteiger partial charge in [-0.25, -0.2) is 0 Å². The van der Waals surface area contributed by atoms with E-state index in [1.54, 1.807) is 7.11 Å². The number of hydrogen-bond donors (Lipinski definition) is 0. The van der Waals surface area contributed by atoms with Crippen LogP contribution in [0.4, 0.5) is 0 Å². The van der Waals surface area contributed by atoms with Crippen molar-refractivity contribution >= 4 is 0 Å². The smallest absolute Gasteiger partial charge is 0.118 e. The fourth-order valence-corrected chi connectivity index (χ4v) is 3.21. The van der Waals surface area contributed by atoms with Crippen LogP contribution in [-0.4, -0.2) is 7.11 Å². The SMILES string of the molecule is COc1ccc(-c2ccc(C(C)CCCc3ccccc3)cc2)cc1. The van der Waals surface area contributed by atoms with Crippen molar-refractivity contribution in [3.05, 3.63) is 90.0 Å². The van der Waals surface area contributed by atoms with Crippen LogP contribution >= 0.6 is 0 Å². The van der Waals surface area contributed by atoms with Gasteiger partial charge >= 0.3 is 0 Å². The first-order valence-corrected chi connectivity index (χ1v) is 9.04. The maximum Gasteiger partial charge on any atom is 0.118 e. The molecule has 0 heterocycles. The highest BCUT2D eigenvalue weighted by molar-refractivity contribution is 5.64. The zero-order valence-corrected chi connectivity index (χ0v) is 15.1. The number of aryl methyl sites for hydroxylation is 1. The Morgan fingerprint density at radius 1 is 0.760 bits per heavy atom. The molecule has 0 saturated heterocycles. The van der Waals surface area contributed by atoms with E-state index in [-0.39, 0.29) is 0 Å². The Hall–Kier alpha value is -2.54. The van der Waals surface area contributed by atoms with Crippen LogP contribution in [0.1, 0.15) is 36.8 Å². The molecule has 0 bridgehead atoms. The van der Waals surface area contributed by atoms with Gasteiger partial charge in [-0.05, 0) is 59.6 Å². The van der Waals surface area contributed by atoms with Crippen LogP contribution in [0.15, 0.2) is 78.9 Å². The van der Waals surface area contributed by atoms with Gasteiger partial charge in [-0.2, -0.15) is 0 Å². The third-order valence-electron chi connectivity index (χ3n) is 4.85. The van der Waals surface area contributed by atoms with E-state index in [1.807, 2.05) is 12.1 Å². The zero-order chi connectivity index (χ0) is 17.5. The Bertz CT molecular complexity index is 757. The van der Waals surface area contributed by atoms with E-state index in [4.69, 9.17) is 4.74 Å². The van der Waals surface area contributed by atoms with Crippen molar-refractivity contribution < 1.29 is 4.74 Å². The molecular weight excluding hydrogens is 304 g/mol. The molecule has 1 nitrogen and oxygen atoms in total. The number of rotatable bonds is 7. The van der Waals surface area contributed by atoms with Gasteiger partial charge < -0.3 is 4.74 Å². The minimum atomic E-state index is 0.591. The van der Waals surface area contributed by atoms with Crippen LogP contribution in [0.3, 0.4) is 0 Å². The van der Waals surface area contributed by atoms with E-state index in [1.165, 1.54) is 35.1 Å². The van der Waals surface area contributed by atoms with E-state index < -0.39 is 0 Å². The van der Waals surface area contributed by atoms with Crippen molar-refractivity contribution in [1.29, 1.82) is 0 Å². The van der Waals surface area contributed by atoms with Gasteiger partial charge in [0.2, 0.25) is 0 Å².